The van der Waals surface area contributed by atoms with Gasteiger partial charge in [0.2, 0.25) is 0 Å². The van der Waals surface area contributed by atoms with Crippen molar-refractivity contribution in [2.75, 3.05) is 19.6 Å². The van der Waals surface area contributed by atoms with Crippen LogP contribution in [-0.4, -0.2) is 39.9 Å². The van der Waals surface area contributed by atoms with E-state index in [1.54, 1.807) is 10.6 Å². The maximum absolute atomic E-state index is 13.7. The fourth-order valence-electron chi connectivity index (χ4n) is 5.12. The second kappa shape index (κ2) is 8.94. The third-order valence-corrected chi connectivity index (χ3v) is 6.78. The van der Waals surface area contributed by atoms with Crippen LogP contribution in [-0.2, 0) is 0 Å². The molecule has 2 heterocycles. The van der Waals surface area contributed by atoms with Crippen LogP contribution in [0.1, 0.15) is 42.6 Å². The number of likely N-dealkylation sites (tertiary alicyclic amines) is 1. The van der Waals surface area contributed by atoms with Crippen molar-refractivity contribution in [3.63, 3.8) is 0 Å². The Morgan fingerprint density at radius 1 is 1.06 bits per heavy atom. The molecule has 0 amide bonds. The van der Waals surface area contributed by atoms with E-state index >= 15 is 0 Å². The first-order valence-corrected chi connectivity index (χ1v) is 11.6. The number of hydrogen-bond donors (Lipinski definition) is 1. The van der Waals surface area contributed by atoms with Crippen LogP contribution < -0.4 is 5.69 Å². The maximum atomic E-state index is 13.7. The van der Waals surface area contributed by atoms with E-state index in [2.05, 4.69) is 22.9 Å². The average Bonchev–Trinajstić information content (AvgIpc) is 3.14. The monoisotopic (exact) mass is 445 g/mol. The van der Waals surface area contributed by atoms with Gasteiger partial charge in [0.25, 0.3) is 0 Å². The Morgan fingerprint density at radius 3 is 2.61 bits per heavy atom. The normalized spacial score (nSPS) is 16.4. The van der Waals surface area contributed by atoms with E-state index in [1.165, 1.54) is 12.1 Å². The minimum atomic E-state index is -0.336. The van der Waals surface area contributed by atoms with Crippen molar-refractivity contribution in [1.29, 1.82) is 0 Å². The SMILES string of the molecule is C[C@H](CC(=O)c1ccc2ccccc2c1)CN1CCC(n2c(=O)[nH]c3ccc(F)cc32)CC1. The van der Waals surface area contributed by atoms with Gasteiger partial charge in [0, 0.05) is 37.7 Å². The summed E-state index contributed by atoms with van der Waals surface area (Å²) in [6, 6.07) is 18.5. The number of carbonyl (C=O) groups excluding carboxylic acids is 1. The summed E-state index contributed by atoms with van der Waals surface area (Å²) >= 11 is 0. The molecular weight excluding hydrogens is 417 g/mol. The first-order valence-electron chi connectivity index (χ1n) is 11.6. The number of ketones is 1. The predicted molar refractivity (Wildman–Crippen MR) is 129 cm³/mol. The van der Waals surface area contributed by atoms with E-state index in [-0.39, 0.29) is 29.2 Å². The van der Waals surface area contributed by atoms with Crippen molar-refractivity contribution >= 4 is 27.6 Å². The third kappa shape index (κ3) is 4.48. The van der Waals surface area contributed by atoms with Gasteiger partial charge in [-0.3, -0.25) is 9.36 Å². The Labute approximate surface area is 191 Å². The highest BCUT2D eigenvalue weighted by Crippen LogP contribution is 2.26. The summed E-state index contributed by atoms with van der Waals surface area (Å²) in [5.41, 5.74) is 1.89. The van der Waals surface area contributed by atoms with Crippen LogP contribution in [0.2, 0.25) is 0 Å². The fraction of sp³-hybridized carbons (Fsp3) is 0.333. The molecule has 0 aliphatic carbocycles. The number of nitrogens with one attached hydrogen (secondary N) is 1. The molecule has 1 aromatic heterocycles. The van der Waals surface area contributed by atoms with Crippen molar-refractivity contribution < 1.29 is 9.18 Å². The van der Waals surface area contributed by atoms with Gasteiger partial charge in [0.05, 0.1) is 11.0 Å². The van der Waals surface area contributed by atoms with Gasteiger partial charge in [-0.15, -0.1) is 0 Å². The van der Waals surface area contributed by atoms with Crippen molar-refractivity contribution in [3.8, 4) is 0 Å². The number of benzene rings is 3. The number of H-pyrrole nitrogens is 1. The lowest BCUT2D eigenvalue weighted by Crippen LogP contribution is -2.39. The topological polar surface area (TPSA) is 58.1 Å². The molecule has 4 aromatic rings. The molecule has 0 bridgehead atoms. The zero-order chi connectivity index (χ0) is 22.9. The minimum Gasteiger partial charge on any atom is -0.306 e. The van der Waals surface area contributed by atoms with E-state index in [4.69, 9.17) is 0 Å². The molecule has 5 nitrogen and oxygen atoms in total. The summed E-state index contributed by atoms with van der Waals surface area (Å²) in [6.07, 6.45) is 2.17. The summed E-state index contributed by atoms with van der Waals surface area (Å²) in [4.78, 5) is 30.5. The Kier molecular flexibility index (Phi) is 5.85. The number of fused-ring (bicyclic) bond motifs is 2. The molecule has 0 unspecified atom stereocenters. The van der Waals surface area contributed by atoms with Gasteiger partial charge in [-0.1, -0.05) is 43.3 Å². The Morgan fingerprint density at radius 2 is 1.82 bits per heavy atom. The standard InChI is InChI=1S/C27H28FN3O2/c1-18(14-26(32)21-7-6-19-4-2-3-5-20(19)15-21)17-30-12-10-23(11-13-30)31-25-16-22(28)8-9-24(25)29-27(31)33/h2-9,15-16,18,23H,10-14,17H2,1H3,(H,29,33)/t18-/m1/s1. The zero-order valence-electron chi connectivity index (χ0n) is 18.8. The molecule has 1 atom stereocenters. The maximum Gasteiger partial charge on any atom is 0.326 e. The van der Waals surface area contributed by atoms with Gasteiger partial charge < -0.3 is 9.88 Å². The summed E-state index contributed by atoms with van der Waals surface area (Å²) in [5.74, 6) is 0.0820. The van der Waals surface area contributed by atoms with Crippen molar-refractivity contribution in [1.82, 2.24) is 14.5 Å². The number of rotatable bonds is 6. The number of Topliss-reactive ketones (excluding diaryl/α,β-unsaturated/α-hetero) is 1. The second-order valence-electron chi connectivity index (χ2n) is 9.29. The van der Waals surface area contributed by atoms with Crippen LogP contribution in [0.3, 0.4) is 0 Å². The smallest absolute Gasteiger partial charge is 0.306 e. The molecular formula is C27H28FN3O2. The second-order valence-corrected chi connectivity index (χ2v) is 9.29. The van der Waals surface area contributed by atoms with E-state index in [0.717, 1.165) is 48.8 Å². The Bertz CT molecular complexity index is 1360. The number of imidazole rings is 1. The molecule has 0 radical (unpaired) electrons. The van der Waals surface area contributed by atoms with E-state index in [0.29, 0.717) is 17.5 Å². The third-order valence-electron chi connectivity index (χ3n) is 6.78. The van der Waals surface area contributed by atoms with Crippen molar-refractivity contribution in [2.24, 2.45) is 5.92 Å². The van der Waals surface area contributed by atoms with Crippen LogP contribution in [0.25, 0.3) is 21.8 Å². The van der Waals surface area contributed by atoms with Crippen LogP contribution >= 0.6 is 0 Å². The van der Waals surface area contributed by atoms with Gasteiger partial charge in [-0.2, -0.15) is 0 Å². The van der Waals surface area contributed by atoms with Crippen LogP contribution in [0, 0.1) is 11.7 Å². The number of carbonyl (C=O) groups is 1. The Hall–Kier alpha value is -3.25. The molecule has 1 aliphatic rings. The number of halogens is 1. The number of piperidine rings is 1. The first-order chi connectivity index (χ1) is 16.0. The molecule has 1 aliphatic heterocycles. The van der Waals surface area contributed by atoms with Crippen LogP contribution in [0.15, 0.2) is 65.5 Å². The highest BCUT2D eigenvalue weighted by atomic mass is 19.1. The lowest BCUT2D eigenvalue weighted by Gasteiger charge is -2.34. The molecule has 170 valence electrons. The summed E-state index contributed by atoms with van der Waals surface area (Å²) in [6.45, 7) is 4.68. The first kappa shape index (κ1) is 21.6. The number of nitrogens with zero attached hydrogens (tertiary/aromatic N) is 2. The fourth-order valence-corrected chi connectivity index (χ4v) is 5.12. The van der Waals surface area contributed by atoms with E-state index in [9.17, 15) is 14.0 Å². The Balaban J connectivity index is 1.19. The molecule has 1 fully saturated rings. The summed E-state index contributed by atoms with van der Waals surface area (Å²) < 4.78 is 15.4. The molecule has 5 rings (SSSR count). The number of aromatic amines is 1. The van der Waals surface area contributed by atoms with E-state index < -0.39 is 0 Å². The largest absolute Gasteiger partial charge is 0.326 e. The molecule has 3 aromatic carbocycles. The van der Waals surface area contributed by atoms with Crippen molar-refractivity contribution in [2.45, 2.75) is 32.2 Å². The highest BCUT2D eigenvalue weighted by molar-refractivity contribution is 6.00. The lowest BCUT2D eigenvalue weighted by molar-refractivity contribution is 0.0941. The highest BCUT2D eigenvalue weighted by Gasteiger charge is 2.25. The van der Waals surface area contributed by atoms with Crippen LogP contribution in [0.5, 0.6) is 0 Å². The molecule has 1 N–H and O–H groups in total. The quantitative estimate of drug-likeness (QED) is 0.417. The van der Waals surface area contributed by atoms with Gasteiger partial charge in [0.15, 0.2) is 5.78 Å². The summed E-state index contributed by atoms with van der Waals surface area (Å²) in [5, 5.41) is 2.23. The van der Waals surface area contributed by atoms with Crippen molar-refractivity contribution in [3.05, 3.63) is 82.5 Å². The lowest BCUT2D eigenvalue weighted by atomic mass is 9.96. The minimum absolute atomic E-state index is 0.0545. The van der Waals surface area contributed by atoms with Gasteiger partial charge in [-0.25, -0.2) is 9.18 Å². The summed E-state index contributed by atoms with van der Waals surface area (Å²) in [7, 11) is 0. The number of hydrogen-bond acceptors (Lipinski definition) is 3. The van der Waals surface area contributed by atoms with Gasteiger partial charge in [0.1, 0.15) is 5.82 Å². The predicted octanol–water partition coefficient (Wildman–Crippen LogP) is 5.17. The molecule has 1 saturated heterocycles. The van der Waals surface area contributed by atoms with E-state index in [1.807, 2.05) is 36.4 Å². The van der Waals surface area contributed by atoms with Crippen LogP contribution in [0.4, 0.5) is 4.39 Å². The van der Waals surface area contributed by atoms with Gasteiger partial charge >= 0.3 is 5.69 Å². The molecule has 0 saturated carbocycles. The molecule has 0 spiro atoms. The number of aromatic nitrogens is 2. The average molecular weight is 446 g/mol. The molecule has 33 heavy (non-hydrogen) atoms. The molecule has 6 heteroatoms. The zero-order valence-corrected chi connectivity index (χ0v) is 18.8. The van der Waals surface area contributed by atoms with Gasteiger partial charge in [-0.05, 0) is 53.8 Å².